The highest BCUT2D eigenvalue weighted by molar-refractivity contribution is 6.33. The number of anilines is 3. The summed E-state index contributed by atoms with van der Waals surface area (Å²) in [5, 5.41) is 15.1. The topological polar surface area (TPSA) is 83.0 Å². The van der Waals surface area contributed by atoms with Gasteiger partial charge in [0.2, 0.25) is 5.95 Å². The molecule has 26 heavy (non-hydrogen) atoms. The summed E-state index contributed by atoms with van der Waals surface area (Å²) in [5.74, 6) is 0.265. The van der Waals surface area contributed by atoms with Crippen LogP contribution in [-0.4, -0.2) is 33.2 Å². The molecule has 0 aliphatic rings. The molecule has 6 nitrogen and oxygen atoms in total. The minimum Gasteiger partial charge on any atom is -0.396 e. The highest BCUT2D eigenvalue weighted by Crippen LogP contribution is 2.29. The summed E-state index contributed by atoms with van der Waals surface area (Å²) in [4.78, 5) is 12.9. The molecular formula is C18H17ClFN5O. The van der Waals surface area contributed by atoms with Gasteiger partial charge in [-0.3, -0.25) is 4.98 Å². The van der Waals surface area contributed by atoms with E-state index in [0.717, 1.165) is 5.56 Å². The van der Waals surface area contributed by atoms with Crippen molar-refractivity contribution in [1.29, 1.82) is 0 Å². The molecule has 2 aromatic heterocycles. The van der Waals surface area contributed by atoms with Crippen LogP contribution in [0.5, 0.6) is 0 Å². The summed E-state index contributed by atoms with van der Waals surface area (Å²) in [7, 11) is 0. The van der Waals surface area contributed by atoms with Crippen molar-refractivity contribution in [2.75, 3.05) is 23.8 Å². The van der Waals surface area contributed by atoms with Gasteiger partial charge in [0.15, 0.2) is 0 Å². The van der Waals surface area contributed by atoms with Crippen molar-refractivity contribution < 1.29 is 9.50 Å². The van der Waals surface area contributed by atoms with Gasteiger partial charge in [-0.15, -0.1) is 0 Å². The number of aliphatic hydroxyl groups is 1. The predicted octanol–water partition coefficient (Wildman–Crippen LogP) is 3.87. The molecule has 0 saturated carbocycles. The van der Waals surface area contributed by atoms with E-state index in [9.17, 15) is 4.39 Å². The van der Waals surface area contributed by atoms with Crippen LogP contribution < -0.4 is 10.6 Å². The number of hydrogen-bond donors (Lipinski definition) is 3. The van der Waals surface area contributed by atoms with Crippen molar-refractivity contribution in [3.63, 3.8) is 0 Å². The Labute approximate surface area is 155 Å². The van der Waals surface area contributed by atoms with Gasteiger partial charge in [-0.1, -0.05) is 17.7 Å². The Bertz CT molecular complexity index is 858. The summed E-state index contributed by atoms with van der Waals surface area (Å²) < 4.78 is 14.1. The standard InChI is InChI=1S/C18H17ClFN5O/c19-13-5-1-6-14(20)17(13)24-16-10-15(12-4-2-7-21-11-12)23-18(25-16)22-8-3-9-26/h1-2,4-7,10-11,26H,3,8-9H2,(H2,22,23,24,25). The second kappa shape index (κ2) is 8.55. The lowest BCUT2D eigenvalue weighted by Crippen LogP contribution is -2.09. The highest BCUT2D eigenvalue weighted by atomic mass is 35.5. The van der Waals surface area contributed by atoms with Gasteiger partial charge in [0.25, 0.3) is 0 Å². The molecule has 3 aromatic rings. The number of pyridine rings is 1. The predicted molar refractivity (Wildman–Crippen MR) is 100 cm³/mol. The van der Waals surface area contributed by atoms with Gasteiger partial charge < -0.3 is 15.7 Å². The summed E-state index contributed by atoms with van der Waals surface area (Å²) >= 11 is 6.08. The van der Waals surface area contributed by atoms with Crippen LogP contribution in [0, 0.1) is 5.82 Å². The number of aromatic nitrogens is 3. The monoisotopic (exact) mass is 373 g/mol. The first kappa shape index (κ1) is 18.0. The molecule has 0 aliphatic carbocycles. The maximum absolute atomic E-state index is 14.1. The number of hydrogen-bond acceptors (Lipinski definition) is 6. The zero-order valence-electron chi connectivity index (χ0n) is 13.8. The van der Waals surface area contributed by atoms with E-state index in [0.29, 0.717) is 30.4 Å². The molecular weight excluding hydrogens is 357 g/mol. The van der Waals surface area contributed by atoms with Gasteiger partial charge in [0.1, 0.15) is 11.6 Å². The van der Waals surface area contributed by atoms with E-state index in [1.807, 2.05) is 6.07 Å². The third kappa shape index (κ3) is 4.44. The second-order valence-electron chi connectivity index (χ2n) is 5.43. The van der Waals surface area contributed by atoms with E-state index in [-0.39, 0.29) is 17.3 Å². The van der Waals surface area contributed by atoms with Gasteiger partial charge in [-0.05, 0) is 30.7 Å². The summed E-state index contributed by atoms with van der Waals surface area (Å²) in [6, 6.07) is 9.81. The maximum atomic E-state index is 14.1. The Hall–Kier alpha value is -2.77. The van der Waals surface area contributed by atoms with Crippen LogP contribution in [0.1, 0.15) is 6.42 Å². The normalized spacial score (nSPS) is 10.6. The minimum atomic E-state index is -0.478. The van der Waals surface area contributed by atoms with Crippen LogP contribution in [0.4, 0.5) is 21.8 Å². The molecule has 0 spiro atoms. The Morgan fingerprint density at radius 3 is 2.77 bits per heavy atom. The fourth-order valence-electron chi connectivity index (χ4n) is 2.28. The molecule has 3 rings (SSSR count). The van der Waals surface area contributed by atoms with Gasteiger partial charge in [0, 0.05) is 37.2 Å². The second-order valence-corrected chi connectivity index (χ2v) is 5.84. The van der Waals surface area contributed by atoms with E-state index < -0.39 is 5.82 Å². The number of rotatable bonds is 7. The van der Waals surface area contributed by atoms with Crippen molar-refractivity contribution in [1.82, 2.24) is 15.0 Å². The van der Waals surface area contributed by atoms with E-state index in [1.165, 1.54) is 12.1 Å². The zero-order chi connectivity index (χ0) is 18.4. The van der Waals surface area contributed by atoms with Crippen LogP contribution in [-0.2, 0) is 0 Å². The maximum Gasteiger partial charge on any atom is 0.225 e. The lowest BCUT2D eigenvalue weighted by molar-refractivity contribution is 0.292. The van der Waals surface area contributed by atoms with Gasteiger partial charge in [-0.2, -0.15) is 4.98 Å². The van der Waals surface area contributed by atoms with Crippen LogP contribution in [0.25, 0.3) is 11.3 Å². The summed E-state index contributed by atoms with van der Waals surface area (Å²) in [6.07, 6.45) is 3.91. The number of halogens is 2. The van der Waals surface area contributed by atoms with E-state index in [4.69, 9.17) is 16.7 Å². The first-order chi connectivity index (χ1) is 12.7. The number of nitrogens with zero attached hydrogens (tertiary/aromatic N) is 3. The SMILES string of the molecule is OCCCNc1nc(Nc2c(F)cccc2Cl)cc(-c2cccnc2)n1. The third-order valence-electron chi connectivity index (χ3n) is 3.52. The van der Waals surface area contributed by atoms with E-state index in [2.05, 4.69) is 25.6 Å². The lowest BCUT2D eigenvalue weighted by Gasteiger charge is -2.12. The Kier molecular flexibility index (Phi) is 5.93. The fourth-order valence-corrected chi connectivity index (χ4v) is 2.49. The molecule has 1 aromatic carbocycles. The van der Waals surface area contributed by atoms with Crippen molar-refractivity contribution in [3.05, 3.63) is 59.6 Å². The van der Waals surface area contributed by atoms with Crippen LogP contribution in [0.15, 0.2) is 48.8 Å². The Morgan fingerprint density at radius 2 is 2.04 bits per heavy atom. The molecule has 0 radical (unpaired) electrons. The molecule has 0 aliphatic heterocycles. The third-order valence-corrected chi connectivity index (χ3v) is 3.83. The number of para-hydroxylation sites is 1. The number of aliphatic hydroxyl groups excluding tert-OH is 1. The molecule has 0 saturated heterocycles. The fraction of sp³-hybridized carbons (Fsp3) is 0.167. The van der Waals surface area contributed by atoms with Crippen LogP contribution in [0.3, 0.4) is 0 Å². The molecule has 0 unspecified atom stereocenters. The van der Waals surface area contributed by atoms with Crippen molar-refractivity contribution in [2.24, 2.45) is 0 Å². The first-order valence-electron chi connectivity index (χ1n) is 8.02. The van der Waals surface area contributed by atoms with E-state index in [1.54, 1.807) is 30.6 Å². The highest BCUT2D eigenvalue weighted by Gasteiger charge is 2.11. The van der Waals surface area contributed by atoms with Gasteiger partial charge in [-0.25, -0.2) is 9.37 Å². The van der Waals surface area contributed by atoms with Crippen molar-refractivity contribution in [3.8, 4) is 11.3 Å². The molecule has 8 heteroatoms. The smallest absolute Gasteiger partial charge is 0.225 e. The number of nitrogens with one attached hydrogen (secondary N) is 2. The summed E-state index contributed by atoms with van der Waals surface area (Å²) in [5.41, 5.74) is 1.56. The molecule has 2 heterocycles. The molecule has 0 fully saturated rings. The lowest BCUT2D eigenvalue weighted by atomic mass is 10.2. The van der Waals surface area contributed by atoms with Crippen LogP contribution >= 0.6 is 11.6 Å². The van der Waals surface area contributed by atoms with Crippen molar-refractivity contribution in [2.45, 2.75) is 6.42 Å². The molecule has 0 amide bonds. The largest absolute Gasteiger partial charge is 0.396 e. The molecule has 0 bridgehead atoms. The van der Waals surface area contributed by atoms with Gasteiger partial charge >= 0.3 is 0 Å². The Balaban J connectivity index is 1.96. The van der Waals surface area contributed by atoms with Crippen molar-refractivity contribution >= 4 is 29.1 Å². The first-order valence-corrected chi connectivity index (χ1v) is 8.40. The quantitative estimate of drug-likeness (QED) is 0.545. The average molecular weight is 374 g/mol. The van der Waals surface area contributed by atoms with Gasteiger partial charge in [0.05, 0.1) is 16.4 Å². The zero-order valence-corrected chi connectivity index (χ0v) is 14.5. The molecule has 134 valence electrons. The number of benzene rings is 1. The van der Waals surface area contributed by atoms with E-state index >= 15 is 0 Å². The minimum absolute atomic E-state index is 0.0608. The average Bonchev–Trinajstić information content (AvgIpc) is 2.66. The summed E-state index contributed by atoms with van der Waals surface area (Å²) in [6.45, 7) is 0.568. The Morgan fingerprint density at radius 1 is 1.15 bits per heavy atom. The van der Waals surface area contributed by atoms with Crippen LogP contribution in [0.2, 0.25) is 5.02 Å². The molecule has 0 atom stereocenters. The molecule has 3 N–H and O–H groups in total.